The van der Waals surface area contributed by atoms with Crippen molar-refractivity contribution in [2.45, 2.75) is 55.7 Å². The Morgan fingerprint density at radius 3 is 2.66 bits per heavy atom. The molecule has 3 heterocycles. The number of benzene rings is 1. The fourth-order valence-electron chi connectivity index (χ4n) is 5.42. The molecular weight excluding hydrogens is 454 g/mol. The van der Waals surface area contributed by atoms with Crippen LogP contribution in [-0.4, -0.2) is 57.7 Å². The standard InChI is InChI=1S/C22H24ClN3O5S/c23-13-9-25(18-15(27)10-31-19(13)18)21(29)17(11-4-2-1-3-5-11)26-14-7-6-12(20(24)28)8-16(14)32-22(26)30/h6-8,11,13,17-19H,1-5,9-10H2,(H2,24,28)/t13-,17-,18+,19+/m0/s1. The molecule has 2 aromatic rings. The van der Waals surface area contributed by atoms with E-state index in [1.165, 1.54) is 4.90 Å². The molecule has 0 spiro atoms. The van der Waals surface area contributed by atoms with E-state index in [0.717, 1.165) is 43.4 Å². The van der Waals surface area contributed by atoms with E-state index in [0.29, 0.717) is 15.8 Å². The van der Waals surface area contributed by atoms with Gasteiger partial charge in [0, 0.05) is 12.1 Å². The van der Waals surface area contributed by atoms with E-state index in [2.05, 4.69) is 0 Å². The van der Waals surface area contributed by atoms with E-state index in [1.54, 1.807) is 22.8 Å². The number of nitrogens with zero attached hydrogens (tertiary/aromatic N) is 2. The van der Waals surface area contributed by atoms with Gasteiger partial charge in [-0.1, -0.05) is 30.6 Å². The first-order valence-electron chi connectivity index (χ1n) is 10.9. The minimum atomic E-state index is -0.730. The number of Topliss-reactive ketones (excluding diaryl/α,β-unsaturated/α-hetero) is 1. The molecule has 0 unspecified atom stereocenters. The summed E-state index contributed by atoms with van der Waals surface area (Å²) >= 11 is 7.42. The number of thiazole rings is 1. The van der Waals surface area contributed by atoms with Crippen LogP contribution in [0.4, 0.5) is 0 Å². The van der Waals surface area contributed by atoms with Crippen LogP contribution in [0.15, 0.2) is 23.0 Å². The largest absolute Gasteiger partial charge is 0.366 e. The number of aromatic nitrogens is 1. The fourth-order valence-corrected chi connectivity index (χ4v) is 6.73. The summed E-state index contributed by atoms with van der Waals surface area (Å²) in [6.07, 6.45) is 4.23. The minimum absolute atomic E-state index is 0.0205. The van der Waals surface area contributed by atoms with Crippen molar-refractivity contribution in [1.29, 1.82) is 0 Å². The molecule has 0 bridgehead atoms. The van der Waals surface area contributed by atoms with Crippen molar-refractivity contribution < 1.29 is 19.1 Å². The summed E-state index contributed by atoms with van der Waals surface area (Å²) in [5.74, 6) is -1.000. The Labute approximate surface area is 193 Å². The Hall–Kier alpha value is -2.23. The molecule has 4 atom stereocenters. The number of amides is 2. The van der Waals surface area contributed by atoms with Gasteiger partial charge in [-0.05, 0) is 37.0 Å². The number of likely N-dealkylation sites (tertiary alicyclic amines) is 1. The zero-order valence-corrected chi connectivity index (χ0v) is 18.9. The average molecular weight is 478 g/mol. The molecule has 2 saturated heterocycles. The van der Waals surface area contributed by atoms with Crippen molar-refractivity contribution in [3.8, 4) is 0 Å². The quantitative estimate of drug-likeness (QED) is 0.677. The Balaban J connectivity index is 1.60. The SMILES string of the molecule is NC(=O)c1ccc2c(c1)sc(=O)n2[C@H](C(=O)N1C[C@H](Cl)[C@H]2OCC(=O)[C@H]21)C1CCCCC1. The second-order valence-electron chi connectivity index (χ2n) is 8.82. The van der Waals surface area contributed by atoms with Gasteiger partial charge in [0.15, 0.2) is 5.78 Å². The van der Waals surface area contributed by atoms with Crippen molar-refractivity contribution >= 4 is 50.8 Å². The van der Waals surface area contributed by atoms with Crippen LogP contribution in [0.5, 0.6) is 0 Å². The number of fused-ring (bicyclic) bond motifs is 2. The minimum Gasteiger partial charge on any atom is -0.366 e. The molecular formula is C22H24ClN3O5S. The predicted molar refractivity (Wildman–Crippen MR) is 120 cm³/mol. The van der Waals surface area contributed by atoms with Gasteiger partial charge in [-0.15, -0.1) is 11.6 Å². The summed E-state index contributed by atoms with van der Waals surface area (Å²) < 4.78 is 7.70. The molecule has 1 aliphatic carbocycles. The van der Waals surface area contributed by atoms with E-state index in [1.807, 2.05) is 0 Å². The highest BCUT2D eigenvalue weighted by Crippen LogP contribution is 2.39. The van der Waals surface area contributed by atoms with Gasteiger partial charge in [0.05, 0.1) is 15.6 Å². The van der Waals surface area contributed by atoms with E-state index in [9.17, 15) is 19.2 Å². The summed E-state index contributed by atoms with van der Waals surface area (Å²) in [5, 5.41) is -0.462. The number of hydrogen-bond acceptors (Lipinski definition) is 6. The molecule has 2 N–H and O–H groups in total. The highest BCUT2D eigenvalue weighted by molar-refractivity contribution is 7.16. The van der Waals surface area contributed by atoms with Gasteiger partial charge in [-0.25, -0.2) is 0 Å². The van der Waals surface area contributed by atoms with E-state index < -0.39 is 29.5 Å². The maximum absolute atomic E-state index is 14.0. The Morgan fingerprint density at radius 2 is 1.94 bits per heavy atom. The highest BCUT2D eigenvalue weighted by Gasteiger charge is 2.53. The third-order valence-electron chi connectivity index (χ3n) is 6.93. The summed E-state index contributed by atoms with van der Waals surface area (Å²) in [6, 6.07) is 3.42. The monoisotopic (exact) mass is 477 g/mol. The number of carbonyl (C=O) groups excluding carboxylic acids is 3. The Morgan fingerprint density at radius 1 is 1.19 bits per heavy atom. The lowest BCUT2D eigenvalue weighted by molar-refractivity contribution is -0.141. The van der Waals surface area contributed by atoms with Crippen LogP contribution in [-0.2, 0) is 14.3 Å². The van der Waals surface area contributed by atoms with Crippen LogP contribution in [0.3, 0.4) is 0 Å². The number of primary amides is 1. The molecule has 0 radical (unpaired) electrons. The van der Waals surface area contributed by atoms with Crippen LogP contribution in [0.1, 0.15) is 48.5 Å². The molecule has 1 aromatic carbocycles. The van der Waals surface area contributed by atoms with Crippen LogP contribution >= 0.6 is 22.9 Å². The van der Waals surface area contributed by atoms with Crippen LogP contribution in [0.2, 0.25) is 0 Å². The second kappa shape index (κ2) is 8.28. The molecule has 2 amide bonds. The molecule has 1 aromatic heterocycles. The number of alkyl halides is 1. The zero-order chi connectivity index (χ0) is 22.6. The van der Waals surface area contributed by atoms with E-state index >= 15 is 0 Å². The van der Waals surface area contributed by atoms with Gasteiger partial charge in [0.2, 0.25) is 11.8 Å². The van der Waals surface area contributed by atoms with Gasteiger partial charge in [-0.3, -0.25) is 23.7 Å². The number of ether oxygens (including phenoxy) is 1. The van der Waals surface area contributed by atoms with Crippen LogP contribution in [0, 0.1) is 5.92 Å². The summed E-state index contributed by atoms with van der Waals surface area (Å²) in [7, 11) is 0. The van der Waals surface area contributed by atoms with Crippen LogP contribution < -0.4 is 10.6 Å². The van der Waals surface area contributed by atoms with E-state index in [-0.39, 0.29) is 35.6 Å². The van der Waals surface area contributed by atoms with Gasteiger partial charge in [-0.2, -0.15) is 0 Å². The smallest absolute Gasteiger partial charge is 0.308 e. The first kappa shape index (κ1) is 21.6. The highest BCUT2D eigenvalue weighted by atomic mass is 35.5. The number of rotatable bonds is 4. The Kier molecular flexibility index (Phi) is 5.59. The first-order valence-corrected chi connectivity index (χ1v) is 12.2. The lowest BCUT2D eigenvalue weighted by atomic mass is 9.83. The lowest BCUT2D eigenvalue weighted by Gasteiger charge is -2.34. The number of hydrogen-bond donors (Lipinski definition) is 1. The molecule has 170 valence electrons. The molecule has 8 nitrogen and oxygen atoms in total. The summed E-state index contributed by atoms with van der Waals surface area (Å²) in [6.45, 7) is 0.168. The maximum Gasteiger partial charge on any atom is 0.308 e. The third kappa shape index (κ3) is 3.47. The van der Waals surface area contributed by atoms with Gasteiger partial charge in [0.1, 0.15) is 24.8 Å². The summed E-state index contributed by atoms with van der Waals surface area (Å²) in [5.41, 5.74) is 6.31. The fraction of sp³-hybridized carbons (Fsp3) is 0.545. The predicted octanol–water partition coefficient (Wildman–Crippen LogP) is 2.07. The first-order chi connectivity index (χ1) is 15.4. The molecule has 5 rings (SSSR count). The molecule has 3 aliphatic rings. The van der Waals surface area contributed by atoms with Gasteiger partial charge in [0.25, 0.3) is 0 Å². The van der Waals surface area contributed by atoms with Crippen molar-refractivity contribution in [3.05, 3.63) is 33.4 Å². The number of ketones is 1. The molecule has 2 aliphatic heterocycles. The number of carbonyl (C=O) groups is 3. The van der Waals surface area contributed by atoms with Crippen molar-refractivity contribution in [2.75, 3.05) is 13.2 Å². The second-order valence-corrected chi connectivity index (χ2v) is 10.4. The van der Waals surface area contributed by atoms with Crippen molar-refractivity contribution in [2.24, 2.45) is 11.7 Å². The normalized spacial score (nSPS) is 27.1. The number of nitrogens with two attached hydrogens (primary N) is 1. The van der Waals surface area contributed by atoms with Crippen molar-refractivity contribution in [3.63, 3.8) is 0 Å². The topological polar surface area (TPSA) is 112 Å². The molecule has 1 saturated carbocycles. The lowest BCUT2D eigenvalue weighted by Crippen LogP contribution is -2.48. The van der Waals surface area contributed by atoms with Gasteiger partial charge >= 0.3 is 4.87 Å². The zero-order valence-electron chi connectivity index (χ0n) is 17.4. The molecule has 10 heteroatoms. The maximum atomic E-state index is 14.0. The third-order valence-corrected chi connectivity index (χ3v) is 8.24. The van der Waals surface area contributed by atoms with E-state index in [4.69, 9.17) is 22.1 Å². The van der Waals surface area contributed by atoms with Crippen molar-refractivity contribution in [1.82, 2.24) is 9.47 Å². The molecule has 3 fully saturated rings. The van der Waals surface area contributed by atoms with Crippen LogP contribution in [0.25, 0.3) is 10.2 Å². The molecule has 32 heavy (non-hydrogen) atoms. The summed E-state index contributed by atoms with van der Waals surface area (Å²) in [4.78, 5) is 52.5. The Bertz CT molecular complexity index is 1150. The van der Waals surface area contributed by atoms with Gasteiger partial charge < -0.3 is 15.4 Å². The number of halogens is 1. The average Bonchev–Trinajstić information content (AvgIpc) is 3.42.